The topological polar surface area (TPSA) is 6.48 Å². The summed E-state index contributed by atoms with van der Waals surface area (Å²) in [5, 5.41) is 3.73. The molecule has 0 amide bonds. The van der Waals surface area contributed by atoms with Gasteiger partial charge in [-0.05, 0) is 132 Å². The highest BCUT2D eigenvalue weighted by Crippen LogP contribution is 2.61. The second-order valence-electron chi connectivity index (χ2n) is 20.2. The maximum atomic E-state index is 7.08. The van der Waals surface area contributed by atoms with E-state index in [9.17, 15) is 0 Å². The van der Waals surface area contributed by atoms with Crippen molar-refractivity contribution in [1.29, 1.82) is 0 Å². The van der Waals surface area contributed by atoms with Crippen molar-refractivity contribution in [1.82, 2.24) is 0 Å². The third kappa shape index (κ3) is 5.11. The molecule has 2 aliphatic heterocycles. The minimum atomic E-state index is -0.0685. The fourth-order valence-corrected chi connectivity index (χ4v) is 15.7. The number of benzene rings is 6. The molecule has 0 spiro atoms. The van der Waals surface area contributed by atoms with Gasteiger partial charge in [-0.15, -0.1) is 39.1 Å². The lowest BCUT2D eigenvalue weighted by atomic mass is 9.36. The highest BCUT2D eigenvalue weighted by Gasteiger charge is 2.53. The highest BCUT2D eigenvalue weighted by atomic mass is 32.1. The Kier molecular flexibility index (Phi) is 7.99. The largest absolute Gasteiger partial charge is 0.311 e. The summed E-state index contributed by atoms with van der Waals surface area (Å²) in [5.41, 5.74) is 13.1. The van der Waals surface area contributed by atoms with Crippen molar-refractivity contribution < 1.29 is 0 Å². The molecule has 0 unspecified atom stereocenters. The van der Waals surface area contributed by atoms with E-state index in [-0.39, 0.29) is 33.9 Å². The Morgan fingerprint density at radius 2 is 1.18 bits per heavy atom. The summed E-state index contributed by atoms with van der Waals surface area (Å²) < 4.78 is 5.04. The minimum Gasteiger partial charge on any atom is -0.311 e. The molecule has 14 rings (SSSR count). The van der Waals surface area contributed by atoms with Gasteiger partial charge in [0.1, 0.15) is 39.2 Å². The Labute approximate surface area is 379 Å². The van der Waals surface area contributed by atoms with Crippen LogP contribution in [-0.2, 0) is 10.8 Å². The quantitative estimate of drug-likeness (QED) is 0.176. The van der Waals surface area contributed by atoms with Crippen molar-refractivity contribution in [3.63, 3.8) is 0 Å². The average molecular weight is 822 g/mol. The van der Waals surface area contributed by atoms with Gasteiger partial charge in [-0.2, -0.15) is 0 Å². The van der Waals surface area contributed by atoms with E-state index < -0.39 is 0 Å². The molecule has 4 aliphatic carbocycles. The maximum absolute atomic E-state index is 7.08. The van der Waals surface area contributed by atoms with Crippen LogP contribution < -0.4 is 52.8 Å². The van der Waals surface area contributed by atoms with E-state index in [1.807, 2.05) is 22.7 Å². The molecule has 4 heterocycles. The predicted molar refractivity (Wildman–Crippen MR) is 274 cm³/mol. The summed E-state index contributed by atoms with van der Waals surface area (Å²) in [6.07, 6.45) is 8.21. The number of hydrogen-bond acceptors (Lipinski definition) is 4. The molecule has 4 fully saturated rings. The van der Waals surface area contributed by atoms with Gasteiger partial charge in [0.2, 0.25) is 0 Å². The van der Waals surface area contributed by atoms with E-state index in [0.717, 1.165) is 40.2 Å². The summed E-state index contributed by atoms with van der Waals surface area (Å²) in [6.45, 7) is 6.77. The van der Waals surface area contributed by atoms with Crippen LogP contribution in [0, 0.1) is 17.8 Å². The second-order valence-corrected chi connectivity index (χ2v) is 22.4. The fourth-order valence-electron chi connectivity index (χ4n) is 13.2. The maximum Gasteiger partial charge on any atom is 0.264 e. The van der Waals surface area contributed by atoms with E-state index >= 15 is 0 Å². The summed E-state index contributed by atoms with van der Waals surface area (Å²) in [7, 11) is 34.0. The Morgan fingerprint density at radius 1 is 0.565 bits per heavy atom. The van der Waals surface area contributed by atoms with Gasteiger partial charge in [-0.3, -0.25) is 0 Å². The van der Waals surface area contributed by atoms with Crippen molar-refractivity contribution in [2.24, 2.45) is 17.8 Å². The fraction of sp³-hybridized carbons (Fsp3) is 0.269. The molecule has 0 N–H and O–H groups in total. The van der Waals surface area contributed by atoms with Crippen LogP contribution >= 0.6 is 22.7 Å². The molecular weight excluding hydrogens is 782 g/mol. The molecule has 10 heteroatoms. The van der Waals surface area contributed by atoms with E-state index in [4.69, 9.17) is 39.2 Å². The molecule has 2 nitrogen and oxygen atoms in total. The van der Waals surface area contributed by atoms with E-state index in [0.29, 0.717) is 16.6 Å². The van der Waals surface area contributed by atoms with Crippen LogP contribution in [0.4, 0.5) is 34.1 Å². The van der Waals surface area contributed by atoms with Crippen molar-refractivity contribution in [3.8, 4) is 0 Å². The SMILES string of the molecule is [B]c1c([B])c([B])c(N2c3cccc4c3B(c3ccc(C56CC7CC(CC(C7)C5)C6)cc3N4c3cccc4c3sc3ccccc34)c3sc4ccc(C(C)(C)C)cc4c32)c([B])c1[B]. The van der Waals surface area contributed by atoms with E-state index in [2.05, 4.69) is 128 Å². The number of hydrogen-bond donors (Lipinski definition) is 0. The summed E-state index contributed by atoms with van der Waals surface area (Å²) in [6, 6.07) is 37.1. The first-order valence-corrected chi connectivity index (χ1v) is 23.9. The second kappa shape index (κ2) is 13.0. The molecule has 4 bridgehead atoms. The molecule has 288 valence electrons. The normalized spacial score (nSPS) is 22.2. The Balaban J connectivity index is 1.14. The van der Waals surface area contributed by atoms with Crippen LogP contribution in [0.1, 0.15) is 70.4 Å². The van der Waals surface area contributed by atoms with Crippen molar-refractivity contribution >= 4 is 176 Å². The lowest BCUT2D eigenvalue weighted by Gasteiger charge is -2.57. The molecule has 62 heavy (non-hydrogen) atoms. The third-order valence-corrected chi connectivity index (χ3v) is 18.1. The predicted octanol–water partition coefficient (Wildman–Crippen LogP) is 7.09. The average Bonchev–Trinajstić information content (AvgIpc) is 3.83. The van der Waals surface area contributed by atoms with Gasteiger partial charge in [0, 0.05) is 53.1 Å². The molecule has 8 aromatic rings. The van der Waals surface area contributed by atoms with Crippen LogP contribution in [0.25, 0.3) is 30.3 Å². The molecular formula is C52H40B6N2S2. The number of anilines is 6. The smallest absolute Gasteiger partial charge is 0.264 e. The summed E-state index contributed by atoms with van der Waals surface area (Å²) in [4.78, 5) is 4.86. The van der Waals surface area contributed by atoms with Crippen LogP contribution in [0.2, 0.25) is 0 Å². The van der Waals surface area contributed by atoms with Gasteiger partial charge in [0.05, 0.1) is 16.1 Å². The molecule has 10 radical (unpaired) electrons. The Morgan fingerprint density at radius 3 is 1.89 bits per heavy atom. The number of rotatable bonds is 3. The lowest BCUT2D eigenvalue weighted by molar-refractivity contribution is -0.00516. The molecule has 2 aromatic heterocycles. The van der Waals surface area contributed by atoms with Gasteiger partial charge in [-0.25, -0.2) is 0 Å². The van der Waals surface area contributed by atoms with Crippen molar-refractivity contribution in [2.45, 2.75) is 70.1 Å². The third-order valence-electron chi connectivity index (χ3n) is 15.6. The van der Waals surface area contributed by atoms with Crippen molar-refractivity contribution in [3.05, 3.63) is 108 Å². The zero-order valence-corrected chi connectivity index (χ0v) is 37.0. The standard InChI is InChI=1S/C52H40B6N2S2/c1-51(2,3)29-15-17-40-33(21-29)47-50(62-40)58-34-16-14-30(52-23-26-18-27(24-52)20-28(19-26)25-52)22-38(34)59(37-12-6-9-32-31-8-4-5-13-39(31)61-49(32)37)35-10-7-11-36(46(35)58)60(47)48-44(56)42(54)41(53)43(55)45(48)57/h4-17,21-22,26-28H,18-20,23-25H2,1-3H3. The summed E-state index contributed by atoms with van der Waals surface area (Å²) in [5.74, 6) is 2.55. The number of fused-ring (bicyclic) bond motifs is 9. The monoisotopic (exact) mass is 822 g/mol. The lowest BCUT2D eigenvalue weighted by Crippen LogP contribution is -2.62. The van der Waals surface area contributed by atoms with Gasteiger partial charge >= 0.3 is 0 Å². The van der Waals surface area contributed by atoms with Crippen LogP contribution in [0.15, 0.2) is 97.1 Å². The van der Waals surface area contributed by atoms with Gasteiger partial charge in [0.15, 0.2) is 0 Å². The first-order valence-electron chi connectivity index (χ1n) is 22.2. The van der Waals surface area contributed by atoms with Crippen molar-refractivity contribution in [2.75, 3.05) is 9.80 Å². The van der Waals surface area contributed by atoms with Gasteiger partial charge < -0.3 is 9.80 Å². The Hall–Kier alpha value is -4.51. The first-order chi connectivity index (χ1) is 29.9. The molecule has 4 saturated carbocycles. The first kappa shape index (κ1) is 38.0. The minimum absolute atomic E-state index is 0.0489. The molecule has 0 saturated heterocycles. The molecule has 0 atom stereocenters. The number of nitrogens with zero attached hydrogens (tertiary/aromatic N) is 2. The van der Waals surface area contributed by atoms with E-state index in [1.165, 1.54) is 102 Å². The number of thiophene rings is 2. The van der Waals surface area contributed by atoms with Gasteiger partial charge in [-0.1, -0.05) is 86.3 Å². The van der Waals surface area contributed by atoms with Crippen LogP contribution in [-0.4, -0.2) is 45.9 Å². The van der Waals surface area contributed by atoms with Crippen LogP contribution in [0.5, 0.6) is 0 Å². The zero-order chi connectivity index (χ0) is 42.1. The molecule has 6 aromatic carbocycles. The zero-order valence-electron chi connectivity index (χ0n) is 35.4. The van der Waals surface area contributed by atoms with Crippen LogP contribution in [0.3, 0.4) is 0 Å². The molecule has 6 aliphatic rings. The van der Waals surface area contributed by atoms with Gasteiger partial charge in [0.25, 0.3) is 6.71 Å². The summed E-state index contributed by atoms with van der Waals surface area (Å²) >= 11 is 3.76. The Bertz CT molecular complexity index is 3200. The highest BCUT2D eigenvalue weighted by molar-refractivity contribution is 7.33. The van der Waals surface area contributed by atoms with E-state index in [1.54, 1.807) is 0 Å².